The van der Waals surface area contributed by atoms with E-state index in [1.807, 2.05) is 37.3 Å². The maximum absolute atomic E-state index is 11.7. The molecule has 5 heteroatoms. The molecule has 0 saturated heterocycles. The summed E-state index contributed by atoms with van der Waals surface area (Å²) in [6, 6.07) is 9.24. The van der Waals surface area contributed by atoms with E-state index in [-0.39, 0.29) is 18.0 Å². The van der Waals surface area contributed by atoms with Crippen LogP contribution in [0, 0.1) is 0 Å². The molecular weight excluding hydrogens is 232 g/mol. The van der Waals surface area contributed by atoms with Gasteiger partial charge in [-0.05, 0) is 18.6 Å². The average Bonchev–Trinajstić information content (AvgIpc) is 2.79. The molecule has 0 bridgehead atoms. The molecule has 0 amide bonds. The molecule has 0 N–H and O–H groups in total. The molecule has 0 aromatic heterocycles. The largest absolute Gasteiger partial charge is 0.461 e. The number of hydrogen-bond donors (Lipinski definition) is 0. The Morgan fingerprint density at radius 2 is 2.11 bits per heavy atom. The number of hydrogen-bond acceptors (Lipinski definition) is 5. The molecule has 18 heavy (non-hydrogen) atoms. The zero-order valence-corrected chi connectivity index (χ0v) is 10.1. The van der Waals surface area contributed by atoms with Crippen molar-refractivity contribution in [2.45, 2.75) is 13.3 Å². The Morgan fingerprint density at radius 3 is 2.78 bits per heavy atom. The SMILES string of the molecule is CCCOC(=O)C1=NN(c2ccccc2)CC1=O. The lowest BCUT2D eigenvalue weighted by molar-refractivity contribution is -0.136. The number of hydrazone groups is 1. The van der Waals surface area contributed by atoms with E-state index in [0.29, 0.717) is 6.61 Å². The van der Waals surface area contributed by atoms with Gasteiger partial charge in [0.1, 0.15) is 6.54 Å². The van der Waals surface area contributed by atoms with Gasteiger partial charge < -0.3 is 4.74 Å². The zero-order chi connectivity index (χ0) is 13.0. The Hall–Kier alpha value is -2.17. The Kier molecular flexibility index (Phi) is 3.72. The first-order valence-corrected chi connectivity index (χ1v) is 5.84. The number of anilines is 1. The number of carbonyl (C=O) groups is 2. The number of esters is 1. The highest BCUT2D eigenvalue weighted by Crippen LogP contribution is 2.17. The van der Waals surface area contributed by atoms with Gasteiger partial charge in [0.25, 0.3) is 0 Å². The van der Waals surface area contributed by atoms with Crippen LogP contribution in [0.1, 0.15) is 13.3 Å². The van der Waals surface area contributed by atoms with Gasteiger partial charge in [-0.1, -0.05) is 25.1 Å². The topological polar surface area (TPSA) is 59.0 Å². The smallest absolute Gasteiger partial charge is 0.362 e. The molecule has 0 fully saturated rings. The monoisotopic (exact) mass is 246 g/mol. The molecule has 1 aromatic carbocycles. The second kappa shape index (κ2) is 5.44. The van der Waals surface area contributed by atoms with Crippen LogP contribution >= 0.6 is 0 Å². The van der Waals surface area contributed by atoms with Crippen molar-refractivity contribution in [1.82, 2.24) is 0 Å². The second-order valence-corrected chi connectivity index (χ2v) is 3.90. The third-order valence-electron chi connectivity index (χ3n) is 2.46. The molecule has 5 nitrogen and oxygen atoms in total. The van der Waals surface area contributed by atoms with E-state index in [4.69, 9.17) is 4.74 Å². The maximum Gasteiger partial charge on any atom is 0.362 e. The molecule has 1 aliphatic rings. The van der Waals surface area contributed by atoms with E-state index in [9.17, 15) is 9.59 Å². The predicted octanol–water partition coefficient (Wildman–Crippen LogP) is 1.38. The predicted molar refractivity (Wildman–Crippen MR) is 67.5 cm³/mol. The normalized spacial score (nSPS) is 14.6. The first-order valence-electron chi connectivity index (χ1n) is 5.84. The van der Waals surface area contributed by atoms with Gasteiger partial charge in [-0.3, -0.25) is 9.80 Å². The molecule has 0 aliphatic carbocycles. The molecule has 0 saturated carbocycles. The van der Waals surface area contributed by atoms with Gasteiger partial charge in [-0.25, -0.2) is 4.79 Å². The summed E-state index contributed by atoms with van der Waals surface area (Å²) >= 11 is 0. The van der Waals surface area contributed by atoms with Crippen LogP contribution in [0.3, 0.4) is 0 Å². The van der Waals surface area contributed by atoms with Gasteiger partial charge in [0.2, 0.25) is 11.5 Å². The summed E-state index contributed by atoms with van der Waals surface area (Å²) in [5.41, 5.74) is 0.663. The van der Waals surface area contributed by atoms with Crippen LogP contribution in [-0.2, 0) is 14.3 Å². The molecule has 94 valence electrons. The van der Waals surface area contributed by atoms with E-state index in [1.165, 1.54) is 5.01 Å². The fourth-order valence-electron chi connectivity index (χ4n) is 1.59. The lowest BCUT2D eigenvalue weighted by atomic mass is 10.2. The van der Waals surface area contributed by atoms with Gasteiger partial charge in [0.05, 0.1) is 12.3 Å². The highest BCUT2D eigenvalue weighted by molar-refractivity contribution is 6.66. The van der Waals surface area contributed by atoms with Crippen molar-refractivity contribution in [2.75, 3.05) is 18.2 Å². The minimum Gasteiger partial charge on any atom is -0.461 e. The number of benzene rings is 1. The van der Waals surface area contributed by atoms with Crippen molar-refractivity contribution in [3.05, 3.63) is 30.3 Å². The molecule has 1 aliphatic heterocycles. The van der Waals surface area contributed by atoms with Crippen LogP contribution in [0.4, 0.5) is 5.69 Å². The number of nitrogens with zero attached hydrogens (tertiary/aromatic N) is 2. The minimum atomic E-state index is -0.639. The molecule has 0 radical (unpaired) electrons. The molecule has 2 rings (SSSR count). The zero-order valence-electron chi connectivity index (χ0n) is 10.1. The number of Topliss-reactive ketones (excluding diaryl/α,β-unsaturated/α-hetero) is 1. The summed E-state index contributed by atoms with van der Waals surface area (Å²) in [4.78, 5) is 23.3. The van der Waals surface area contributed by atoms with E-state index in [1.54, 1.807) is 0 Å². The Bertz CT molecular complexity index is 482. The fourth-order valence-corrected chi connectivity index (χ4v) is 1.59. The number of ketones is 1. The van der Waals surface area contributed by atoms with E-state index < -0.39 is 5.97 Å². The standard InChI is InChI=1S/C13H14N2O3/c1-2-8-18-13(17)12-11(16)9-15(14-12)10-6-4-3-5-7-10/h3-7H,2,8-9H2,1H3. The Labute approximate surface area is 105 Å². The second-order valence-electron chi connectivity index (χ2n) is 3.90. The van der Waals surface area contributed by atoms with Crippen molar-refractivity contribution >= 4 is 23.2 Å². The Morgan fingerprint density at radius 1 is 1.39 bits per heavy atom. The number of carbonyl (C=O) groups excluding carboxylic acids is 2. The summed E-state index contributed by atoms with van der Waals surface area (Å²) in [5, 5.41) is 5.52. The van der Waals surface area contributed by atoms with Crippen LogP contribution in [0.25, 0.3) is 0 Å². The van der Waals surface area contributed by atoms with Crippen molar-refractivity contribution in [3.63, 3.8) is 0 Å². The maximum atomic E-state index is 11.7. The van der Waals surface area contributed by atoms with E-state index >= 15 is 0 Å². The molecule has 1 aromatic rings. The fraction of sp³-hybridized carbons (Fsp3) is 0.308. The first-order chi connectivity index (χ1) is 8.72. The van der Waals surface area contributed by atoms with Crippen molar-refractivity contribution in [1.29, 1.82) is 0 Å². The van der Waals surface area contributed by atoms with E-state index in [2.05, 4.69) is 5.10 Å². The van der Waals surface area contributed by atoms with Crippen LogP contribution in [0.15, 0.2) is 35.4 Å². The lowest BCUT2D eigenvalue weighted by Crippen LogP contribution is -2.25. The summed E-state index contributed by atoms with van der Waals surface area (Å²) in [6.45, 7) is 2.28. The Balaban J connectivity index is 2.12. The van der Waals surface area contributed by atoms with Crippen LogP contribution < -0.4 is 5.01 Å². The first kappa shape index (κ1) is 12.3. The van der Waals surface area contributed by atoms with Crippen LogP contribution in [-0.4, -0.2) is 30.6 Å². The number of ether oxygens (including phenoxy) is 1. The van der Waals surface area contributed by atoms with Crippen LogP contribution in [0.2, 0.25) is 0 Å². The van der Waals surface area contributed by atoms with Crippen molar-refractivity contribution < 1.29 is 14.3 Å². The summed E-state index contributed by atoms with van der Waals surface area (Å²) in [6.07, 6.45) is 0.718. The van der Waals surface area contributed by atoms with Gasteiger partial charge in [-0.2, -0.15) is 5.10 Å². The average molecular weight is 246 g/mol. The van der Waals surface area contributed by atoms with Gasteiger partial charge in [-0.15, -0.1) is 0 Å². The van der Waals surface area contributed by atoms with Crippen LogP contribution in [0.5, 0.6) is 0 Å². The number of rotatable bonds is 4. The minimum absolute atomic E-state index is 0.0839. The third-order valence-corrected chi connectivity index (χ3v) is 2.46. The molecule has 0 atom stereocenters. The number of para-hydroxylation sites is 1. The summed E-state index contributed by atoms with van der Waals surface area (Å²) in [7, 11) is 0. The van der Waals surface area contributed by atoms with Gasteiger partial charge in [0.15, 0.2) is 0 Å². The summed E-state index contributed by atoms with van der Waals surface area (Å²) < 4.78 is 4.91. The lowest BCUT2D eigenvalue weighted by Gasteiger charge is -2.11. The van der Waals surface area contributed by atoms with Crippen molar-refractivity contribution in [2.24, 2.45) is 5.10 Å². The van der Waals surface area contributed by atoms with Gasteiger partial charge >= 0.3 is 5.97 Å². The highest BCUT2D eigenvalue weighted by atomic mass is 16.5. The van der Waals surface area contributed by atoms with E-state index in [0.717, 1.165) is 12.1 Å². The molecule has 1 heterocycles. The molecule has 0 unspecified atom stereocenters. The summed E-state index contributed by atoms with van der Waals surface area (Å²) in [5.74, 6) is -0.944. The quantitative estimate of drug-likeness (QED) is 0.753. The molecular formula is C13H14N2O3. The third kappa shape index (κ3) is 2.56. The van der Waals surface area contributed by atoms with Gasteiger partial charge in [0, 0.05) is 0 Å². The van der Waals surface area contributed by atoms with Crippen molar-refractivity contribution in [3.8, 4) is 0 Å². The highest BCUT2D eigenvalue weighted by Gasteiger charge is 2.31. The molecule has 0 spiro atoms.